The van der Waals surface area contributed by atoms with Crippen molar-refractivity contribution < 1.29 is 4.39 Å². The van der Waals surface area contributed by atoms with Gasteiger partial charge in [-0.15, -0.1) is 11.8 Å². The maximum atomic E-state index is 13.1. The van der Waals surface area contributed by atoms with Gasteiger partial charge in [0.05, 0.1) is 23.0 Å². The third kappa shape index (κ3) is 3.75. The number of benzene rings is 1. The quantitative estimate of drug-likeness (QED) is 0.823. The van der Waals surface area contributed by atoms with Gasteiger partial charge >= 0.3 is 0 Å². The lowest BCUT2D eigenvalue weighted by Gasteiger charge is -2.14. The van der Waals surface area contributed by atoms with Crippen LogP contribution in [0.5, 0.6) is 0 Å². The van der Waals surface area contributed by atoms with Gasteiger partial charge in [0.15, 0.2) is 0 Å². The summed E-state index contributed by atoms with van der Waals surface area (Å²) >= 11 is 7.66. The van der Waals surface area contributed by atoms with E-state index in [2.05, 4.69) is 12.0 Å². The number of rotatable bonds is 6. The van der Waals surface area contributed by atoms with Crippen molar-refractivity contribution in [3.05, 3.63) is 47.0 Å². The maximum absolute atomic E-state index is 13.1. The molecule has 1 aromatic carbocycles. The minimum absolute atomic E-state index is 0.232. The first kappa shape index (κ1) is 15.4. The zero-order valence-electron chi connectivity index (χ0n) is 11.2. The molecule has 0 spiro atoms. The predicted molar refractivity (Wildman–Crippen MR) is 81.6 cm³/mol. The summed E-state index contributed by atoms with van der Waals surface area (Å²) in [5, 5.41) is 4.82. The molecule has 0 fully saturated rings. The molecule has 1 aromatic heterocycles. The summed E-state index contributed by atoms with van der Waals surface area (Å²) in [6.07, 6.45) is 2.59. The first-order valence-corrected chi connectivity index (χ1v) is 7.83. The largest absolute Gasteiger partial charge is 0.322 e. The molecule has 20 heavy (non-hydrogen) atoms. The van der Waals surface area contributed by atoms with Crippen molar-refractivity contribution in [1.29, 1.82) is 0 Å². The molecule has 0 aliphatic rings. The average molecular weight is 314 g/mol. The van der Waals surface area contributed by atoms with Crippen molar-refractivity contribution in [3.63, 3.8) is 0 Å². The Morgan fingerprint density at radius 2 is 2.30 bits per heavy atom. The van der Waals surface area contributed by atoms with E-state index < -0.39 is 0 Å². The maximum Gasteiger partial charge on any atom is 0.124 e. The van der Waals surface area contributed by atoms with Crippen molar-refractivity contribution in [2.24, 2.45) is 5.73 Å². The van der Waals surface area contributed by atoms with Gasteiger partial charge < -0.3 is 5.73 Å². The number of hydrogen-bond acceptors (Lipinski definition) is 3. The molecule has 3 nitrogen and oxygen atoms in total. The van der Waals surface area contributed by atoms with Crippen molar-refractivity contribution >= 4 is 23.4 Å². The Balaban J connectivity index is 2.05. The topological polar surface area (TPSA) is 43.8 Å². The number of nitrogens with two attached hydrogens (primary N) is 1. The Hall–Kier alpha value is -1.04. The van der Waals surface area contributed by atoms with Crippen LogP contribution in [0.3, 0.4) is 0 Å². The summed E-state index contributed by atoms with van der Waals surface area (Å²) in [4.78, 5) is 0.859. The van der Waals surface area contributed by atoms with E-state index in [0.717, 1.165) is 23.6 Å². The molecule has 0 radical (unpaired) electrons. The van der Waals surface area contributed by atoms with Gasteiger partial charge in [0.25, 0.3) is 0 Å². The van der Waals surface area contributed by atoms with Crippen molar-refractivity contribution in [1.82, 2.24) is 9.78 Å². The zero-order chi connectivity index (χ0) is 14.5. The molecule has 2 rings (SSSR count). The summed E-state index contributed by atoms with van der Waals surface area (Å²) in [7, 11) is 0. The van der Waals surface area contributed by atoms with E-state index in [1.54, 1.807) is 12.3 Å². The first-order chi connectivity index (χ1) is 9.61. The Morgan fingerprint density at radius 3 is 3.00 bits per heavy atom. The number of halogens is 2. The fourth-order valence-corrected chi connectivity index (χ4v) is 3.13. The van der Waals surface area contributed by atoms with E-state index in [1.165, 1.54) is 23.9 Å². The predicted octanol–water partition coefficient (Wildman–Crippen LogP) is 3.88. The minimum Gasteiger partial charge on any atom is -0.322 e. The van der Waals surface area contributed by atoms with E-state index in [4.69, 9.17) is 17.3 Å². The highest BCUT2D eigenvalue weighted by atomic mass is 35.5. The van der Waals surface area contributed by atoms with Crippen LogP contribution < -0.4 is 5.73 Å². The lowest BCUT2D eigenvalue weighted by Crippen LogP contribution is -2.19. The minimum atomic E-state index is -0.238. The summed E-state index contributed by atoms with van der Waals surface area (Å²) in [6.45, 7) is 2.87. The van der Waals surface area contributed by atoms with Gasteiger partial charge in [-0.1, -0.05) is 24.6 Å². The number of aromatic nitrogens is 2. The van der Waals surface area contributed by atoms with Gasteiger partial charge in [-0.05, 0) is 24.6 Å². The molecule has 0 saturated carbocycles. The molecule has 0 saturated heterocycles. The lowest BCUT2D eigenvalue weighted by atomic mass is 10.2. The van der Waals surface area contributed by atoms with Gasteiger partial charge in [0.1, 0.15) is 5.82 Å². The monoisotopic (exact) mass is 313 g/mol. The molecule has 1 heterocycles. The molecule has 2 aromatic rings. The Labute approximate surface area is 127 Å². The van der Waals surface area contributed by atoms with Crippen LogP contribution in [0.25, 0.3) is 0 Å². The highest BCUT2D eigenvalue weighted by Crippen LogP contribution is 2.27. The molecule has 6 heteroatoms. The standard InChI is InChI=1S/C14H17ClFN3S/c1-2-6-19-14(12(15)8-18-19)13(17)9-20-11-5-3-4-10(16)7-11/h3-5,7-8,13H,2,6,9,17H2,1H3. The Bertz CT molecular complexity index is 573. The number of aryl methyl sites for hydroxylation is 1. The van der Waals surface area contributed by atoms with Crippen LogP contribution in [0.1, 0.15) is 25.1 Å². The smallest absolute Gasteiger partial charge is 0.124 e. The lowest BCUT2D eigenvalue weighted by molar-refractivity contribution is 0.554. The summed E-state index contributed by atoms with van der Waals surface area (Å²) in [6, 6.07) is 6.26. The van der Waals surface area contributed by atoms with Gasteiger partial charge in [0, 0.05) is 17.2 Å². The molecular weight excluding hydrogens is 297 g/mol. The number of nitrogens with zero attached hydrogens (tertiary/aromatic N) is 2. The SMILES string of the molecule is CCCn1ncc(Cl)c1C(N)CSc1cccc(F)c1. The molecule has 1 atom stereocenters. The normalized spacial score (nSPS) is 12.6. The van der Waals surface area contributed by atoms with Crippen molar-refractivity contribution in [3.8, 4) is 0 Å². The fourth-order valence-electron chi connectivity index (χ4n) is 1.95. The second-order valence-corrected chi connectivity index (χ2v) is 5.98. The van der Waals surface area contributed by atoms with Crippen LogP contribution >= 0.6 is 23.4 Å². The molecule has 0 amide bonds. The fraction of sp³-hybridized carbons (Fsp3) is 0.357. The van der Waals surface area contributed by atoms with Crippen LogP contribution in [0, 0.1) is 5.82 Å². The molecule has 0 bridgehead atoms. The van der Waals surface area contributed by atoms with E-state index in [0.29, 0.717) is 10.8 Å². The van der Waals surface area contributed by atoms with Gasteiger partial charge in [0.2, 0.25) is 0 Å². The molecule has 0 aliphatic carbocycles. The van der Waals surface area contributed by atoms with Crippen LogP contribution in [0.15, 0.2) is 35.4 Å². The Kier molecular flexibility index (Phi) is 5.46. The highest BCUT2D eigenvalue weighted by Gasteiger charge is 2.17. The van der Waals surface area contributed by atoms with Crippen molar-refractivity contribution in [2.45, 2.75) is 30.8 Å². The average Bonchev–Trinajstić information content (AvgIpc) is 2.78. The van der Waals surface area contributed by atoms with Crippen molar-refractivity contribution in [2.75, 3.05) is 5.75 Å². The van der Waals surface area contributed by atoms with E-state index in [9.17, 15) is 4.39 Å². The van der Waals surface area contributed by atoms with Gasteiger partial charge in [-0.25, -0.2) is 4.39 Å². The highest BCUT2D eigenvalue weighted by molar-refractivity contribution is 7.99. The first-order valence-electron chi connectivity index (χ1n) is 6.47. The summed E-state index contributed by atoms with van der Waals surface area (Å²) in [5.74, 6) is 0.385. The third-order valence-corrected chi connectivity index (χ3v) is 4.25. The van der Waals surface area contributed by atoms with E-state index in [1.807, 2.05) is 10.7 Å². The summed E-state index contributed by atoms with van der Waals surface area (Å²) in [5.41, 5.74) is 7.04. The van der Waals surface area contributed by atoms with Gasteiger partial charge in [-0.3, -0.25) is 4.68 Å². The second kappa shape index (κ2) is 7.11. The molecule has 108 valence electrons. The zero-order valence-corrected chi connectivity index (χ0v) is 12.8. The van der Waals surface area contributed by atoms with Gasteiger partial charge in [-0.2, -0.15) is 5.10 Å². The number of thioether (sulfide) groups is 1. The Morgan fingerprint density at radius 1 is 1.50 bits per heavy atom. The number of hydrogen-bond donors (Lipinski definition) is 1. The van der Waals surface area contributed by atoms with E-state index in [-0.39, 0.29) is 11.9 Å². The third-order valence-electron chi connectivity index (χ3n) is 2.85. The van der Waals surface area contributed by atoms with Crippen LogP contribution in [-0.4, -0.2) is 15.5 Å². The molecule has 1 unspecified atom stereocenters. The second-order valence-electron chi connectivity index (χ2n) is 4.48. The van der Waals surface area contributed by atoms with Crippen LogP contribution in [0.2, 0.25) is 5.02 Å². The molecule has 2 N–H and O–H groups in total. The summed E-state index contributed by atoms with van der Waals surface area (Å²) < 4.78 is 15.0. The van der Waals surface area contributed by atoms with Crippen LogP contribution in [-0.2, 0) is 6.54 Å². The molecule has 0 aliphatic heterocycles. The van der Waals surface area contributed by atoms with E-state index >= 15 is 0 Å². The van der Waals surface area contributed by atoms with Crippen LogP contribution in [0.4, 0.5) is 4.39 Å². The molecular formula is C14H17ClFN3S.